The molecule has 2 N–H and O–H groups in total. The molecule has 0 aromatic heterocycles. The summed E-state index contributed by atoms with van der Waals surface area (Å²) >= 11 is 0. The minimum absolute atomic E-state index is 0.445. The third-order valence-corrected chi connectivity index (χ3v) is 3.20. The summed E-state index contributed by atoms with van der Waals surface area (Å²) in [6.07, 6.45) is 0.797. The highest BCUT2D eigenvalue weighted by Gasteiger charge is 2.10. The van der Waals surface area contributed by atoms with Crippen molar-refractivity contribution in [1.29, 1.82) is 0 Å². The quantitative estimate of drug-likeness (QED) is 0.586. The molecule has 6 heteroatoms. The molecule has 0 atom stereocenters. The van der Waals surface area contributed by atoms with Crippen molar-refractivity contribution < 1.29 is 8.42 Å². The maximum atomic E-state index is 11.2. The zero-order valence-corrected chi connectivity index (χ0v) is 10.2. The Bertz CT molecular complexity index is 237. The van der Waals surface area contributed by atoms with Gasteiger partial charge in [-0.05, 0) is 13.0 Å². The topological polar surface area (TPSA) is 61.4 Å². The minimum atomic E-state index is -3.24. The highest BCUT2D eigenvalue weighted by molar-refractivity contribution is 7.87. The van der Waals surface area contributed by atoms with Crippen LogP contribution in [0, 0.1) is 0 Å². The van der Waals surface area contributed by atoms with E-state index >= 15 is 0 Å². The average molecular weight is 223 g/mol. The monoisotopic (exact) mass is 223 g/mol. The zero-order valence-electron chi connectivity index (χ0n) is 9.37. The van der Waals surface area contributed by atoms with Crippen molar-refractivity contribution in [3.05, 3.63) is 0 Å². The SMILES string of the molecule is CC(C)NCCCNS(=O)(=O)N(C)C. The number of hydrogen-bond acceptors (Lipinski definition) is 3. The largest absolute Gasteiger partial charge is 0.314 e. The number of nitrogens with one attached hydrogen (secondary N) is 2. The van der Waals surface area contributed by atoms with Crippen LogP contribution < -0.4 is 10.0 Å². The summed E-state index contributed by atoms with van der Waals surface area (Å²) in [6, 6.07) is 0.445. The Kier molecular flexibility index (Phi) is 6.26. The molecule has 0 aliphatic heterocycles. The molecule has 0 saturated heterocycles. The maximum Gasteiger partial charge on any atom is 0.278 e. The summed E-state index contributed by atoms with van der Waals surface area (Å²) in [7, 11) is -0.226. The lowest BCUT2D eigenvalue weighted by atomic mass is 10.3. The Balaban J connectivity index is 3.55. The van der Waals surface area contributed by atoms with E-state index in [0.717, 1.165) is 13.0 Å². The van der Waals surface area contributed by atoms with Crippen molar-refractivity contribution in [1.82, 2.24) is 14.3 Å². The van der Waals surface area contributed by atoms with E-state index < -0.39 is 10.2 Å². The van der Waals surface area contributed by atoms with Crippen LogP contribution in [0.25, 0.3) is 0 Å². The maximum absolute atomic E-state index is 11.2. The van der Waals surface area contributed by atoms with Gasteiger partial charge in [-0.25, -0.2) is 4.72 Å². The molecule has 0 spiro atoms. The molecule has 5 nitrogen and oxygen atoms in total. The van der Waals surface area contributed by atoms with Crippen LogP contribution in [0.2, 0.25) is 0 Å². The van der Waals surface area contributed by atoms with Gasteiger partial charge in [-0.15, -0.1) is 0 Å². The summed E-state index contributed by atoms with van der Waals surface area (Å²) in [5, 5.41) is 3.21. The minimum Gasteiger partial charge on any atom is -0.314 e. The molecular formula is C8H21N3O2S. The Morgan fingerprint density at radius 3 is 2.21 bits per heavy atom. The third kappa shape index (κ3) is 6.31. The second-order valence-electron chi connectivity index (χ2n) is 3.64. The van der Waals surface area contributed by atoms with Crippen LogP contribution >= 0.6 is 0 Å². The average Bonchev–Trinajstić information content (AvgIpc) is 2.02. The van der Waals surface area contributed by atoms with Crippen LogP contribution in [0.15, 0.2) is 0 Å². The van der Waals surface area contributed by atoms with Gasteiger partial charge >= 0.3 is 0 Å². The summed E-state index contributed by atoms with van der Waals surface area (Å²) in [4.78, 5) is 0. The fourth-order valence-corrected chi connectivity index (χ4v) is 1.47. The fourth-order valence-electron chi connectivity index (χ4n) is 0.809. The summed E-state index contributed by atoms with van der Waals surface area (Å²) < 4.78 is 26.1. The predicted molar refractivity (Wildman–Crippen MR) is 58.4 cm³/mol. The first-order valence-electron chi connectivity index (χ1n) is 4.76. The lowest BCUT2D eigenvalue weighted by Crippen LogP contribution is -2.37. The van der Waals surface area contributed by atoms with E-state index in [1.54, 1.807) is 0 Å². The van der Waals surface area contributed by atoms with Crippen LogP contribution in [0.1, 0.15) is 20.3 Å². The smallest absolute Gasteiger partial charge is 0.278 e. The van der Waals surface area contributed by atoms with Gasteiger partial charge in [-0.3, -0.25) is 0 Å². The van der Waals surface area contributed by atoms with Gasteiger partial charge < -0.3 is 5.32 Å². The highest BCUT2D eigenvalue weighted by atomic mass is 32.2. The molecule has 0 amide bonds. The van der Waals surface area contributed by atoms with Crippen molar-refractivity contribution in [2.45, 2.75) is 26.3 Å². The van der Waals surface area contributed by atoms with E-state index in [0.29, 0.717) is 12.6 Å². The molecule has 0 bridgehead atoms. The Morgan fingerprint density at radius 1 is 1.21 bits per heavy atom. The van der Waals surface area contributed by atoms with Crippen molar-refractivity contribution in [3.63, 3.8) is 0 Å². The van der Waals surface area contributed by atoms with E-state index in [1.807, 2.05) is 0 Å². The molecule has 0 aromatic carbocycles. The van der Waals surface area contributed by atoms with Gasteiger partial charge in [0.25, 0.3) is 10.2 Å². The van der Waals surface area contributed by atoms with Crippen molar-refractivity contribution in [2.75, 3.05) is 27.2 Å². The lowest BCUT2D eigenvalue weighted by molar-refractivity contribution is 0.500. The molecular weight excluding hydrogens is 202 g/mol. The van der Waals surface area contributed by atoms with E-state index in [9.17, 15) is 8.42 Å². The number of rotatable bonds is 7. The number of nitrogens with zero attached hydrogens (tertiary/aromatic N) is 1. The van der Waals surface area contributed by atoms with Gasteiger partial charge in [-0.1, -0.05) is 13.8 Å². The van der Waals surface area contributed by atoms with Crippen LogP contribution in [0.4, 0.5) is 0 Å². The molecule has 0 radical (unpaired) electrons. The first-order chi connectivity index (χ1) is 6.36. The molecule has 0 unspecified atom stereocenters. The van der Waals surface area contributed by atoms with Crippen LogP contribution in [0.5, 0.6) is 0 Å². The van der Waals surface area contributed by atoms with E-state index in [1.165, 1.54) is 18.4 Å². The summed E-state index contributed by atoms with van der Waals surface area (Å²) in [5.74, 6) is 0. The molecule has 86 valence electrons. The van der Waals surface area contributed by atoms with Crippen LogP contribution in [-0.2, 0) is 10.2 Å². The van der Waals surface area contributed by atoms with Crippen molar-refractivity contribution in [2.24, 2.45) is 0 Å². The summed E-state index contributed by atoms with van der Waals surface area (Å²) in [5.41, 5.74) is 0. The van der Waals surface area contributed by atoms with Gasteiger partial charge in [0.1, 0.15) is 0 Å². The van der Waals surface area contributed by atoms with Crippen LogP contribution in [-0.4, -0.2) is 45.9 Å². The van der Waals surface area contributed by atoms with E-state index in [4.69, 9.17) is 0 Å². The Labute approximate surface area is 87.0 Å². The van der Waals surface area contributed by atoms with Crippen molar-refractivity contribution >= 4 is 10.2 Å². The number of hydrogen-bond donors (Lipinski definition) is 2. The first-order valence-corrected chi connectivity index (χ1v) is 6.21. The fraction of sp³-hybridized carbons (Fsp3) is 1.00. The lowest BCUT2D eigenvalue weighted by Gasteiger charge is -2.12. The zero-order chi connectivity index (χ0) is 11.2. The van der Waals surface area contributed by atoms with Crippen molar-refractivity contribution in [3.8, 4) is 0 Å². The Hall–Kier alpha value is -0.170. The molecule has 14 heavy (non-hydrogen) atoms. The van der Waals surface area contributed by atoms with Crippen LogP contribution in [0.3, 0.4) is 0 Å². The molecule has 0 heterocycles. The third-order valence-electron chi connectivity index (χ3n) is 1.67. The second kappa shape index (κ2) is 6.34. The first kappa shape index (κ1) is 13.8. The van der Waals surface area contributed by atoms with E-state index in [-0.39, 0.29) is 0 Å². The normalized spacial score (nSPS) is 12.7. The molecule has 0 rings (SSSR count). The Morgan fingerprint density at radius 2 is 1.79 bits per heavy atom. The second-order valence-corrected chi connectivity index (χ2v) is 5.61. The molecule has 0 aliphatic rings. The van der Waals surface area contributed by atoms with Gasteiger partial charge in [0, 0.05) is 26.7 Å². The summed E-state index contributed by atoms with van der Waals surface area (Å²) in [6.45, 7) is 5.42. The molecule has 0 saturated carbocycles. The van der Waals surface area contributed by atoms with Gasteiger partial charge in [0.2, 0.25) is 0 Å². The molecule has 0 fully saturated rings. The van der Waals surface area contributed by atoms with E-state index in [2.05, 4.69) is 23.9 Å². The predicted octanol–water partition coefficient (Wildman–Crippen LogP) is -0.229. The van der Waals surface area contributed by atoms with Gasteiger partial charge in [0.05, 0.1) is 0 Å². The van der Waals surface area contributed by atoms with Gasteiger partial charge in [-0.2, -0.15) is 12.7 Å². The standard InChI is InChI=1S/C8H21N3O2S/c1-8(2)9-6-5-7-10-14(12,13)11(3)4/h8-10H,5-7H2,1-4H3. The van der Waals surface area contributed by atoms with Gasteiger partial charge in [0.15, 0.2) is 0 Å². The molecule has 0 aromatic rings. The molecule has 0 aliphatic carbocycles. The highest BCUT2D eigenvalue weighted by Crippen LogP contribution is 1.88.